The quantitative estimate of drug-likeness (QED) is 0.843. The molecule has 0 saturated carbocycles. The summed E-state index contributed by atoms with van der Waals surface area (Å²) >= 11 is 0. The van der Waals surface area contributed by atoms with Gasteiger partial charge in [0.25, 0.3) is 0 Å². The third-order valence-electron chi connectivity index (χ3n) is 3.11. The lowest BCUT2D eigenvalue weighted by molar-refractivity contribution is 0.429. The predicted molar refractivity (Wildman–Crippen MR) is 67.1 cm³/mol. The number of hydrogen-bond acceptors (Lipinski definition) is 3. The highest BCUT2D eigenvalue weighted by molar-refractivity contribution is 7.89. The molecule has 3 rings (SSSR count). The van der Waals surface area contributed by atoms with Gasteiger partial charge in [0.2, 0.25) is 10.0 Å². The van der Waals surface area contributed by atoms with Crippen molar-refractivity contribution >= 4 is 10.0 Å². The van der Waals surface area contributed by atoms with Crippen LogP contribution in [0.15, 0.2) is 47.5 Å². The smallest absolute Gasteiger partial charge is 0.243 e. The van der Waals surface area contributed by atoms with E-state index in [1.807, 2.05) is 6.07 Å². The van der Waals surface area contributed by atoms with E-state index < -0.39 is 15.8 Å². The lowest BCUT2D eigenvalue weighted by Gasteiger charge is -2.15. The maximum Gasteiger partial charge on any atom is 0.243 e. The van der Waals surface area contributed by atoms with Crippen LogP contribution >= 0.6 is 0 Å². The molecular formula is C13H11FN2O2S. The number of rotatable bonds is 2. The molecule has 19 heavy (non-hydrogen) atoms. The summed E-state index contributed by atoms with van der Waals surface area (Å²) < 4.78 is 39.0. The number of benzene rings is 1. The summed E-state index contributed by atoms with van der Waals surface area (Å²) in [6, 6.07) is 8.50. The summed E-state index contributed by atoms with van der Waals surface area (Å²) in [5.74, 6) is -0.453. The number of aromatic nitrogens is 1. The standard InChI is InChI=1S/C13H11FN2O2S/c14-11-3-5-12(6-4-11)19(17,18)16-8-10-2-1-7-15-13(10)9-16/h1-7H,8-9H2. The van der Waals surface area contributed by atoms with Gasteiger partial charge >= 0.3 is 0 Å². The van der Waals surface area contributed by atoms with Gasteiger partial charge in [0.05, 0.1) is 17.1 Å². The van der Waals surface area contributed by atoms with E-state index in [1.54, 1.807) is 12.3 Å². The Kier molecular flexibility index (Phi) is 2.83. The fourth-order valence-electron chi connectivity index (χ4n) is 2.10. The Balaban J connectivity index is 1.94. The van der Waals surface area contributed by atoms with E-state index in [4.69, 9.17) is 0 Å². The molecule has 0 N–H and O–H groups in total. The molecule has 0 spiro atoms. The summed E-state index contributed by atoms with van der Waals surface area (Å²) in [6.07, 6.45) is 1.65. The maximum absolute atomic E-state index is 12.8. The molecule has 0 aliphatic carbocycles. The number of pyridine rings is 1. The van der Waals surface area contributed by atoms with Gasteiger partial charge < -0.3 is 0 Å². The minimum Gasteiger partial charge on any atom is -0.260 e. The van der Waals surface area contributed by atoms with Gasteiger partial charge in [-0.1, -0.05) is 6.07 Å². The SMILES string of the molecule is O=S(=O)(c1ccc(F)cc1)N1Cc2cccnc2C1. The predicted octanol–water partition coefficient (Wildman–Crippen LogP) is 1.93. The first kappa shape index (κ1) is 12.3. The zero-order chi connectivity index (χ0) is 13.5. The summed E-state index contributed by atoms with van der Waals surface area (Å²) in [7, 11) is -3.60. The average Bonchev–Trinajstić information content (AvgIpc) is 2.83. The molecule has 1 aliphatic heterocycles. The molecular weight excluding hydrogens is 267 g/mol. The van der Waals surface area contributed by atoms with E-state index in [0.717, 1.165) is 23.4 Å². The van der Waals surface area contributed by atoms with Gasteiger partial charge in [0.15, 0.2) is 0 Å². The monoisotopic (exact) mass is 278 g/mol. The molecule has 0 unspecified atom stereocenters. The highest BCUT2D eigenvalue weighted by atomic mass is 32.2. The first-order valence-corrected chi connectivity index (χ1v) is 7.20. The van der Waals surface area contributed by atoms with Crippen LogP contribution in [0.3, 0.4) is 0 Å². The van der Waals surface area contributed by atoms with Crippen LogP contribution in [0.1, 0.15) is 11.3 Å². The van der Waals surface area contributed by atoms with E-state index in [0.29, 0.717) is 6.54 Å². The molecule has 0 fully saturated rings. The van der Waals surface area contributed by atoms with Gasteiger partial charge in [-0.25, -0.2) is 12.8 Å². The first-order chi connectivity index (χ1) is 9.07. The zero-order valence-electron chi connectivity index (χ0n) is 9.95. The summed E-state index contributed by atoms with van der Waals surface area (Å²) in [6.45, 7) is 0.568. The Bertz CT molecular complexity index is 689. The van der Waals surface area contributed by atoms with Crippen LogP contribution in [0, 0.1) is 5.82 Å². The zero-order valence-corrected chi connectivity index (χ0v) is 10.8. The van der Waals surface area contributed by atoms with Crippen molar-refractivity contribution in [3.05, 3.63) is 59.7 Å². The summed E-state index contributed by atoms with van der Waals surface area (Å²) in [4.78, 5) is 4.26. The molecule has 0 bridgehead atoms. The molecule has 2 heterocycles. The number of halogens is 1. The van der Waals surface area contributed by atoms with E-state index in [9.17, 15) is 12.8 Å². The number of nitrogens with zero attached hydrogens (tertiary/aromatic N) is 2. The van der Waals surface area contributed by atoms with Crippen molar-refractivity contribution in [1.29, 1.82) is 0 Å². The Morgan fingerprint density at radius 2 is 1.84 bits per heavy atom. The lowest BCUT2D eigenvalue weighted by atomic mass is 10.2. The third kappa shape index (κ3) is 2.13. The molecule has 0 saturated heterocycles. The molecule has 0 atom stereocenters. The average molecular weight is 278 g/mol. The van der Waals surface area contributed by atoms with Crippen LogP contribution in [-0.4, -0.2) is 17.7 Å². The fraction of sp³-hybridized carbons (Fsp3) is 0.154. The topological polar surface area (TPSA) is 50.3 Å². The second-order valence-electron chi connectivity index (χ2n) is 4.34. The van der Waals surface area contributed by atoms with E-state index >= 15 is 0 Å². The Hall–Kier alpha value is -1.79. The summed E-state index contributed by atoms with van der Waals surface area (Å²) in [5.41, 5.74) is 1.68. The van der Waals surface area contributed by atoms with Crippen molar-refractivity contribution < 1.29 is 12.8 Å². The lowest BCUT2D eigenvalue weighted by Crippen LogP contribution is -2.25. The molecule has 0 amide bonds. The molecule has 1 aliphatic rings. The second-order valence-corrected chi connectivity index (χ2v) is 6.27. The fourth-order valence-corrected chi connectivity index (χ4v) is 3.48. The molecule has 6 heteroatoms. The van der Waals surface area contributed by atoms with Crippen LogP contribution < -0.4 is 0 Å². The number of fused-ring (bicyclic) bond motifs is 1. The van der Waals surface area contributed by atoms with Crippen LogP contribution in [0.4, 0.5) is 4.39 Å². The minimum atomic E-state index is -3.60. The Morgan fingerprint density at radius 1 is 1.11 bits per heavy atom. The van der Waals surface area contributed by atoms with E-state index in [-0.39, 0.29) is 11.4 Å². The second kappa shape index (κ2) is 4.40. The van der Waals surface area contributed by atoms with Crippen molar-refractivity contribution in [2.24, 2.45) is 0 Å². The Morgan fingerprint density at radius 3 is 2.53 bits per heavy atom. The highest BCUT2D eigenvalue weighted by Crippen LogP contribution is 2.27. The summed E-state index contributed by atoms with van der Waals surface area (Å²) in [5, 5.41) is 0. The van der Waals surface area contributed by atoms with Gasteiger partial charge in [-0.05, 0) is 35.9 Å². The van der Waals surface area contributed by atoms with Crippen molar-refractivity contribution in [3.63, 3.8) is 0 Å². The van der Waals surface area contributed by atoms with Crippen LogP contribution in [0.5, 0.6) is 0 Å². The van der Waals surface area contributed by atoms with Gasteiger partial charge in [0, 0.05) is 12.7 Å². The van der Waals surface area contributed by atoms with Crippen molar-refractivity contribution in [1.82, 2.24) is 9.29 Å². The van der Waals surface area contributed by atoms with E-state index in [2.05, 4.69) is 4.98 Å². The maximum atomic E-state index is 12.8. The van der Waals surface area contributed by atoms with Crippen LogP contribution in [0.2, 0.25) is 0 Å². The van der Waals surface area contributed by atoms with Gasteiger partial charge in [-0.2, -0.15) is 4.31 Å². The molecule has 98 valence electrons. The minimum absolute atomic E-state index is 0.0988. The van der Waals surface area contributed by atoms with Gasteiger partial charge in [-0.15, -0.1) is 0 Å². The number of hydrogen-bond donors (Lipinski definition) is 0. The largest absolute Gasteiger partial charge is 0.260 e. The van der Waals surface area contributed by atoms with Crippen molar-refractivity contribution in [3.8, 4) is 0 Å². The molecule has 1 aromatic heterocycles. The van der Waals surface area contributed by atoms with Crippen molar-refractivity contribution in [2.45, 2.75) is 18.0 Å². The highest BCUT2D eigenvalue weighted by Gasteiger charge is 2.31. The van der Waals surface area contributed by atoms with Gasteiger partial charge in [0.1, 0.15) is 5.82 Å². The third-order valence-corrected chi connectivity index (χ3v) is 4.91. The molecule has 1 aromatic carbocycles. The molecule has 4 nitrogen and oxygen atoms in total. The van der Waals surface area contributed by atoms with Crippen molar-refractivity contribution in [2.75, 3.05) is 0 Å². The normalized spacial score (nSPS) is 15.4. The first-order valence-electron chi connectivity index (χ1n) is 5.76. The van der Waals surface area contributed by atoms with Gasteiger partial charge in [-0.3, -0.25) is 4.98 Å². The van der Waals surface area contributed by atoms with Crippen LogP contribution in [-0.2, 0) is 23.1 Å². The molecule has 2 aromatic rings. The molecule has 0 radical (unpaired) electrons. The van der Waals surface area contributed by atoms with E-state index in [1.165, 1.54) is 16.4 Å². The van der Waals surface area contributed by atoms with Crippen LogP contribution in [0.25, 0.3) is 0 Å². The number of sulfonamides is 1. The Labute approximate surface area is 110 Å².